The van der Waals surface area contributed by atoms with E-state index in [0.717, 1.165) is 0 Å². The Morgan fingerprint density at radius 2 is 1.79 bits per heavy atom. The van der Waals surface area contributed by atoms with Crippen LogP contribution in [-0.4, -0.2) is 59.3 Å². The molecule has 1 heterocycles. The van der Waals surface area contributed by atoms with Gasteiger partial charge in [0.25, 0.3) is 5.69 Å². The molecule has 1 saturated heterocycles. The van der Waals surface area contributed by atoms with Gasteiger partial charge < -0.3 is 14.4 Å². The number of piperazine rings is 1. The molecule has 9 nitrogen and oxygen atoms in total. The molecule has 0 unspecified atom stereocenters. The van der Waals surface area contributed by atoms with Gasteiger partial charge in [-0.15, -0.1) is 0 Å². The van der Waals surface area contributed by atoms with Crippen molar-refractivity contribution in [2.24, 2.45) is 0 Å². The lowest BCUT2D eigenvalue weighted by molar-refractivity contribution is -0.385. The monoisotopic (exact) mass is 407 g/mol. The molecule has 160 valence electrons. The van der Waals surface area contributed by atoms with E-state index >= 15 is 0 Å². The van der Waals surface area contributed by atoms with Crippen LogP contribution in [0.15, 0.2) is 18.2 Å². The van der Waals surface area contributed by atoms with Crippen LogP contribution in [0, 0.1) is 10.1 Å². The zero-order chi connectivity index (χ0) is 21.9. The van der Waals surface area contributed by atoms with Crippen molar-refractivity contribution in [3.8, 4) is 0 Å². The summed E-state index contributed by atoms with van der Waals surface area (Å²) in [4.78, 5) is 39.1. The first kappa shape index (κ1) is 22.4. The number of nitro groups is 1. The summed E-state index contributed by atoms with van der Waals surface area (Å²) < 4.78 is 10.4. The maximum Gasteiger partial charge on any atom is 0.410 e. The molecule has 0 bridgehead atoms. The number of carbonyl (C=O) groups is 2. The number of amides is 1. The number of rotatable bonds is 4. The SMILES string of the molecule is CCOC(=O)c1ccc(N2C[C@@H](C)N(C(=O)OC(C)(C)C)[C@@H](C)C2)cc1[N+](=O)[O-]. The summed E-state index contributed by atoms with van der Waals surface area (Å²) in [7, 11) is 0. The van der Waals surface area contributed by atoms with Crippen LogP contribution < -0.4 is 4.90 Å². The van der Waals surface area contributed by atoms with Crippen LogP contribution in [0.1, 0.15) is 51.9 Å². The van der Waals surface area contributed by atoms with E-state index < -0.39 is 16.5 Å². The van der Waals surface area contributed by atoms with Gasteiger partial charge in [0.2, 0.25) is 0 Å². The van der Waals surface area contributed by atoms with Crippen molar-refractivity contribution >= 4 is 23.4 Å². The maximum absolute atomic E-state index is 12.5. The van der Waals surface area contributed by atoms with Gasteiger partial charge >= 0.3 is 12.1 Å². The van der Waals surface area contributed by atoms with E-state index in [1.54, 1.807) is 17.9 Å². The summed E-state index contributed by atoms with van der Waals surface area (Å²) in [6, 6.07) is 4.16. The highest BCUT2D eigenvalue weighted by molar-refractivity contribution is 5.94. The quantitative estimate of drug-likeness (QED) is 0.427. The summed E-state index contributed by atoms with van der Waals surface area (Å²) in [5, 5.41) is 11.5. The van der Waals surface area contributed by atoms with Gasteiger partial charge in [0.15, 0.2) is 0 Å². The third-order valence-electron chi connectivity index (χ3n) is 4.56. The molecule has 0 spiro atoms. The molecule has 0 radical (unpaired) electrons. The Morgan fingerprint density at radius 1 is 1.21 bits per heavy atom. The lowest BCUT2D eigenvalue weighted by Gasteiger charge is -2.45. The molecule has 29 heavy (non-hydrogen) atoms. The predicted molar refractivity (Wildman–Crippen MR) is 108 cm³/mol. The molecule has 1 fully saturated rings. The molecule has 0 saturated carbocycles. The molecule has 0 aliphatic carbocycles. The molecule has 0 N–H and O–H groups in total. The number of benzene rings is 1. The van der Waals surface area contributed by atoms with Crippen molar-refractivity contribution in [1.29, 1.82) is 0 Å². The third-order valence-corrected chi connectivity index (χ3v) is 4.56. The number of anilines is 1. The van der Waals surface area contributed by atoms with Crippen molar-refractivity contribution in [3.63, 3.8) is 0 Å². The Balaban J connectivity index is 2.24. The molecule has 1 aliphatic heterocycles. The van der Waals surface area contributed by atoms with Gasteiger partial charge in [-0.05, 0) is 53.7 Å². The Hall–Kier alpha value is -2.84. The third kappa shape index (κ3) is 5.36. The first-order chi connectivity index (χ1) is 13.4. The highest BCUT2D eigenvalue weighted by atomic mass is 16.6. The summed E-state index contributed by atoms with van der Waals surface area (Å²) in [6.07, 6.45) is -0.374. The first-order valence-electron chi connectivity index (χ1n) is 9.66. The largest absolute Gasteiger partial charge is 0.462 e. The molecular weight excluding hydrogens is 378 g/mol. The number of esters is 1. The van der Waals surface area contributed by atoms with Crippen LogP contribution in [0.2, 0.25) is 0 Å². The smallest absolute Gasteiger partial charge is 0.410 e. The average Bonchev–Trinajstić information content (AvgIpc) is 2.59. The minimum atomic E-state index is -0.720. The van der Waals surface area contributed by atoms with Crippen LogP contribution in [-0.2, 0) is 9.47 Å². The first-order valence-corrected chi connectivity index (χ1v) is 9.66. The Labute approximate surface area is 170 Å². The van der Waals surface area contributed by atoms with Crippen molar-refractivity contribution in [2.45, 2.75) is 59.2 Å². The van der Waals surface area contributed by atoms with E-state index in [4.69, 9.17) is 9.47 Å². The standard InChI is InChI=1S/C20H29N3O6/c1-7-28-18(24)16-9-8-15(10-17(16)23(26)27)21-11-13(2)22(14(3)12-21)19(25)29-20(4,5)6/h8-10,13-14H,7,11-12H2,1-6H3/t13-,14+. The summed E-state index contributed by atoms with van der Waals surface area (Å²) in [6.45, 7) is 12.0. The van der Waals surface area contributed by atoms with Gasteiger partial charge in [-0.25, -0.2) is 9.59 Å². The van der Waals surface area contributed by atoms with E-state index in [1.165, 1.54) is 12.1 Å². The molecule has 1 aliphatic rings. The van der Waals surface area contributed by atoms with Crippen LogP contribution >= 0.6 is 0 Å². The number of hydrogen-bond donors (Lipinski definition) is 0. The van der Waals surface area contributed by atoms with Gasteiger partial charge in [0, 0.05) is 24.8 Å². The average molecular weight is 407 g/mol. The fourth-order valence-electron chi connectivity index (χ4n) is 3.46. The van der Waals surface area contributed by atoms with Crippen LogP contribution in [0.3, 0.4) is 0 Å². The van der Waals surface area contributed by atoms with Crippen molar-refractivity contribution < 1.29 is 24.0 Å². The summed E-state index contributed by atoms with van der Waals surface area (Å²) in [5.41, 5.74) is -0.339. The normalized spacial score (nSPS) is 19.7. The van der Waals surface area contributed by atoms with E-state index in [2.05, 4.69) is 0 Å². The number of nitrogens with zero attached hydrogens (tertiary/aromatic N) is 3. The van der Waals surface area contributed by atoms with E-state index in [1.807, 2.05) is 39.5 Å². The van der Waals surface area contributed by atoms with E-state index in [-0.39, 0.29) is 36.0 Å². The minimum absolute atomic E-state index is 0.0749. The molecule has 1 aromatic rings. The maximum atomic E-state index is 12.5. The zero-order valence-corrected chi connectivity index (χ0v) is 17.8. The van der Waals surface area contributed by atoms with Gasteiger partial charge in [0.1, 0.15) is 11.2 Å². The highest BCUT2D eigenvalue weighted by Crippen LogP contribution is 2.29. The molecule has 9 heteroatoms. The van der Waals surface area contributed by atoms with Gasteiger partial charge in [-0.1, -0.05) is 0 Å². The van der Waals surface area contributed by atoms with Crippen molar-refractivity contribution in [3.05, 3.63) is 33.9 Å². The second-order valence-electron chi connectivity index (χ2n) is 8.17. The molecular formula is C20H29N3O6. The molecule has 1 amide bonds. The molecule has 1 aromatic carbocycles. The minimum Gasteiger partial charge on any atom is -0.462 e. The number of nitro benzene ring substituents is 1. The summed E-state index contributed by atoms with van der Waals surface area (Å²) >= 11 is 0. The molecule has 2 rings (SSSR count). The number of ether oxygens (including phenoxy) is 2. The second kappa shape index (κ2) is 8.67. The number of hydrogen-bond acceptors (Lipinski definition) is 7. The lowest BCUT2D eigenvalue weighted by Crippen LogP contribution is -2.59. The van der Waals surface area contributed by atoms with Gasteiger partial charge in [-0.3, -0.25) is 15.0 Å². The number of carbonyl (C=O) groups excluding carboxylic acids is 2. The van der Waals surface area contributed by atoms with Crippen molar-refractivity contribution in [1.82, 2.24) is 4.90 Å². The second-order valence-corrected chi connectivity index (χ2v) is 8.17. The van der Waals surface area contributed by atoms with Gasteiger partial charge in [0.05, 0.1) is 23.6 Å². The summed E-state index contributed by atoms with van der Waals surface area (Å²) in [5.74, 6) is -0.720. The molecule has 2 atom stereocenters. The Bertz CT molecular complexity index is 777. The molecule has 0 aromatic heterocycles. The van der Waals surface area contributed by atoms with Crippen LogP contribution in [0.25, 0.3) is 0 Å². The fourth-order valence-corrected chi connectivity index (χ4v) is 3.46. The predicted octanol–water partition coefficient (Wildman–Crippen LogP) is 3.61. The highest BCUT2D eigenvalue weighted by Gasteiger charge is 2.36. The Morgan fingerprint density at radius 3 is 2.28 bits per heavy atom. The zero-order valence-electron chi connectivity index (χ0n) is 17.8. The Kier molecular flexibility index (Phi) is 6.71. The van der Waals surface area contributed by atoms with Crippen LogP contribution in [0.5, 0.6) is 0 Å². The fraction of sp³-hybridized carbons (Fsp3) is 0.600. The van der Waals surface area contributed by atoms with Gasteiger partial charge in [-0.2, -0.15) is 0 Å². The lowest BCUT2D eigenvalue weighted by atomic mass is 10.1. The topological polar surface area (TPSA) is 102 Å². The van der Waals surface area contributed by atoms with Crippen LogP contribution in [0.4, 0.5) is 16.2 Å². The van der Waals surface area contributed by atoms with E-state index in [0.29, 0.717) is 18.8 Å². The van der Waals surface area contributed by atoms with Crippen molar-refractivity contribution in [2.75, 3.05) is 24.6 Å². The van der Waals surface area contributed by atoms with E-state index in [9.17, 15) is 19.7 Å².